The molecule has 3 fully saturated rings. The molecule has 39 heavy (non-hydrogen) atoms. The standard InChI is InChI=1S/C35H42O4/c1-23(38-32(36)24-10-6-4-7-11-24)29-16-17-30-28-15-14-26-22-27(39-33(37)25-12-8-5-9-13-25)18-20-34(26,2)31(28)19-21-35(29,30)3/h4-14,23,27-31H,15-22H2,1-3H3/t23-,27+,28-,29+,30-,31-,34+,35+/m1/s1. The number of benzene rings is 2. The predicted octanol–water partition coefficient (Wildman–Crippen LogP) is 8.04. The van der Waals surface area contributed by atoms with Crippen molar-refractivity contribution in [2.75, 3.05) is 0 Å². The van der Waals surface area contributed by atoms with E-state index in [4.69, 9.17) is 9.47 Å². The molecule has 4 nitrogen and oxygen atoms in total. The van der Waals surface area contributed by atoms with Crippen LogP contribution in [-0.4, -0.2) is 24.1 Å². The van der Waals surface area contributed by atoms with Gasteiger partial charge in [-0.15, -0.1) is 0 Å². The third kappa shape index (κ3) is 4.64. The summed E-state index contributed by atoms with van der Waals surface area (Å²) in [5, 5.41) is 0. The second kappa shape index (κ2) is 10.3. The molecule has 4 aliphatic carbocycles. The Labute approximate surface area is 233 Å². The number of carbonyl (C=O) groups excluding carboxylic acids is 2. The van der Waals surface area contributed by atoms with Crippen LogP contribution in [0.2, 0.25) is 0 Å². The average molecular weight is 527 g/mol. The third-order valence-corrected chi connectivity index (χ3v) is 11.3. The maximum Gasteiger partial charge on any atom is 0.338 e. The Morgan fingerprint density at radius 3 is 2.18 bits per heavy atom. The second-order valence-electron chi connectivity index (χ2n) is 13.1. The van der Waals surface area contributed by atoms with E-state index in [1.807, 2.05) is 60.7 Å². The molecule has 206 valence electrons. The minimum atomic E-state index is -0.203. The highest BCUT2D eigenvalue weighted by molar-refractivity contribution is 5.89. The first kappa shape index (κ1) is 26.3. The van der Waals surface area contributed by atoms with Gasteiger partial charge in [0.15, 0.2) is 0 Å². The van der Waals surface area contributed by atoms with Gasteiger partial charge in [-0.1, -0.05) is 61.9 Å². The lowest BCUT2D eigenvalue weighted by atomic mass is 9.47. The Hall–Kier alpha value is -2.88. The van der Waals surface area contributed by atoms with E-state index in [-0.39, 0.29) is 35.0 Å². The highest BCUT2D eigenvalue weighted by Gasteiger charge is 2.59. The molecule has 0 N–H and O–H groups in total. The summed E-state index contributed by atoms with van der Waals surface area (Å²) >= 11 is 0. The molecule has 0 bridgehead atoms. The maximum atomic E-state index is 12.8. The molecule has 0 aliphatic heterocycles. The lowest BCUT2D eigenvalue weighted by molar-refractivity contribution is -0.0727. The van der Waals surface area contributed by atoms with Crippen LogP contribution in [0.25, 0.3) is 0 Å². The SMILES string of the molecule is C[C@@H](OC(=O)c1ccccc1)[C@@H]1CC[C@@H]2[C@H]3CC=C4C[C@@H](OC(=O)c5ccccc5)CC[C@]4(C)[C@@H]3CC[C@]21C. The molecule has 0 unspecified atom stereocenters. The Morgan fingerprint density at radius 2 is 1.49 bits per heavy atom. The zero-order valence-corrected chi connectivity index (χ0v) is 23.6. The number of esters is 2. The van der Waals surface area contributed by atoms with Gasteiger partial charge in [-0.3, -0.25) is 0 Å². The molecule has 0 aromatic heterocycles. The summed E-state index contributed by atoms with van der Waals surface area (Å²) in [6, 6.07) is 18.7. The van der Waals surface area contributed by atoms with Gasteiger partial charge in [0.05, 0.1) is 11.1 Å². The molecule has 0 saturated heterocycles. The minimum absolute atomic E-state index is 0.0292. The second-order valence-corrected chi connectivity index (χ2v) is 13.1. The predicted molar refractivity (Wildman–Crippen MR) is 152 cm³/mol. The van der Waals surface area contributed by atoms with E-state index in [1.54, 1.807) is 0 Å². The van der Waals surface area contributed by atoms with E-state index in [0.29, 0.717) is 34.8 Å². The normalized spacial score (nSPS) is 36.0. The fraction of sp³-hybridized carbons (Fsp3) is 0.543. The average Bonchev–Trinajstić information content (AvgIpc) is 3.31. The summed E-state index contributed by atoms with van der Waals surface area (Å²) in [6.07, 6.45) is 11.2. The number of hydrogen-bond donors (Lipinski definition) is 0. The minimum Gasteiger partial charge on any atom is -0.459 e. The number of ether oxygens (including phenoxy) is 2. The number of carbonyl (C=O) groups is 2. The zero-order chi connectivity index (χ0) is 27.2. The first-order chi connectivity index (χ1) is 18.8. The maximum absolute atomic E-state index is 12.8. The number of allylic oxidation sites excluding steroid dienone is 1. The molecule has 4 aliphatic rings. The quantitative estimate of drug-likeness (QED) is 0.292. The van der Waals surface area contributed by atoms with Gasteiger partial charge in [0.1, 0.15) is 12.2 Å². The molecule has 0 amide bonds. The van der Waals surface area contributed by atoms with Gasteiger partial charge < -0.3 is 9.47 Å². The summed E-state index contributed by atoms with van der Waals surface area (Å²) in [7, 11) is 0. The van der Waals surface area contributed by atoms with E-state index in [1.165, 1.54) is 24.8 Å². The van der Waals surface area contributed by atoms with Crippen LogP contribution in [0.15, 0.2) is 72.3 Å². The monoisotopic (exact) mass is 526 g/mol. The fourth-order valence-electron chi connectivity index (χ4n) is 9.23. The Morgan fingerprint density at radius 1 is 0.821 bits per heavy atom. The van der Waals surface area contributed by atoms with Gasteiger partial charge in [-0.2, -0.15) is 0 Å². The first-order valence-electron chi connectivity index (χ1n) is 15.0. The summed E-state index contributed by atoms with van der Waals surface area (Å²) < 4.78 is 12.0. The molecule has 0 radical (unpaired) electrons. The molecule has 8 atom stereocenters. The fourth-order valence-corrected chi connectivity index (χ4v) is 9.23. The Bertz CT molecular complexity index is 1240. The van der Waals surface area contributed by atoms with Crippen molar-refractivity contribution in [3.8, 4) is 0 Å². The van der Waals surface area contributed by atoms with Crippen molar-refractivity contribution in [3.63, 3.8) is 0 Å². The molecule has 0 heterocycles. The van der Waals surface area contributed by atoms with E-state index >= 15 is 0 Å². The molecule has 0 spiro atoms. The third-order valence-electron chi connectivity index (χ3n) is 11.3. The topological polar surface area (TPSA) is 52.6 Å². The molecule has 2 aromatic rings. The lowest BCUT2D eigenvalue weighted by Crippen LogP contribution is -2.51. The highest BCUT2D eigenvalue weighted by Crippen LogP contribution is 2.66. The van der Waals surface area contributed by atoms with Crippen LogP contribution >= 0.6 is 0 Å². The molecule has 4 heteroatoms. The zero-order valence-electron chi connectivity index (χ0n) is 23.6. The van der Waals surface area contributed by atoms with Crippen LogP contribution in [-0.2, 0) is 9.47 Å². The largest absolute Gasteiger partial charge is 0.459 e. The van der Waals surface area contributed by atoms with Gasteiger partial charge >= 0.3 is 11.9 Å². The van der Waals surface area contributed by atoms with E-state index in [9.17, 15) is 9.59 Å². The van der Waals surface area contributed by atoms with Crippen LogP contribution in [0.4, 0.5) is 0 Å². The van der Waals surface area contributed by atoms with Gasteiger partial charge in [-0.25, -0.2) is 9.59 Å². The summed E-state index contributed by atoms with van der Waals surface area (Å²) in [6.45, 7) is 7.09. The van der Waals surface area contributed by atoms with Gasteiger partial charge in [0, 0.05) is 12.3 Å². The van der Waals surface area contributed by atoms with Crippen LogP contribution in [0.1, 0.15) is 92.9 Å². The van der Waals surface area contributed by atoms with Crippen molar-refractivity contribution >= 4 is 11.9 Å². The molecular weight excluding hydrogens is 484 g/mol. The molecule has 2 aromatic carbocycles. The van der Waals surface area contributed by atoms with Crippen molar-refractivity contribution in [3.05, 3.63) is 83.4 Å². The van der Waals surface area contributed by atoms with Gasteiger partial charge in [-0.05, 0) is 105 Å². The van der Waals surface area contributed by atoms with Gasteiger partial charge in [0.2, 0.25) is 0 Å². The van der Waals surface area contributed by atoms with Crippen LogP contribution in [0, 0.1) is 34.5 Å². The van der Waals surface area contributed by atoms with E-state index < -0.39 is 0 Å². The smallest absolute Gasteiger partial charge is 0.338 e. The Kier molecular flexibility index (Phi) is 6.93. The van der Waals surface area contributed by atoms with Crippen molar-refractivity contribution < 1.29 is 19.1 Å². The van der Waals surface area contributed by atoms with Gasteiger partial charge in [0.25, 0.3) is 0 Å². The Balaban J connectivity index is 1.14. The summed E-state index contributed by atoms with van der Waals surface area (Å²) in [4.78, 5) is 25.5. The van der Waals surface area contributed by atoms with E-state index in [2.05, 4.69) is 26.8 Å². The number of rotatable bonds is 5. The van der Waals surface area contributed by atoms with E-state index in [0.717, 1.165) is 32.1 Å². The number of fused-ring (bicyclic) bond motifs is 5. The van der Waals surface area contributed by atoms with Crippen molar-refractivity contribution in [2.45, 2.75) is 84.3 Å². The highest BCUT2D eigenvalue weighted by atomic mass is 16.5. The summed E-state index contributed by atoms with van der Waals surface area (Å²) in [5.41, 5.74) is 3.19. The first-order valence-corrected chi connectivity index (χ1v) is 15.0. The van der Waals surface area contributed by atoms with Crippen molar-refractivity contribution in [2.24, 2.45) is 34.5 Å². The van der Waals surface area contributed by atoms with Crippen molar-refractivity contribution in [1.29, 1.82) is 0 Å². The van der Waals surface area contributed by atoms with Crippen LogP contribution < -0.4 is 0 Å². The summed E-state index contributed by atoms with van der Waals surface area (Å²) in [5.74, 6) is 2.03. The lowest BCUT2D eigenvalue weighted by Gasteiger charge is -2.58. The van der Waals surface area contributed by atoms with Crippen molar-refractivity contribution in [1.82, 2.24) is 0 Å². The van der Waals surface area contributed by atoms with Crippen LogP contribution in [0.3, 0.4) is 0 Å². The molecule has 3 saturated carbocycles. The molecule has 6 rings (SSSR count). The number of hydrogen-bond acceptors (Lipinski definition) is 4. The van der Waals surface area contributed by atoms with Crippen LogP contribution in [0.5, 0.6) is 0 Å². The molecular formula is C35H42O4.